The van der Waals surface area contributed by atoms with Crippen LogP contribution in [0.3, 0.4) is 0 Å². The molecule has 0 fully saturated rings. The van der Waals surface area contributed by atoms with Gasteiger partial charge >= 0.3 is 0 Å². The summed E-state index contributed by atoms with van der Waals surface area (Å²) in [6.45, 7) is 4.26. The maximum absolute atomic E-state index is 10.6. The molecule has 2 aromatic rings. The summed E-state index contributed by atoms with van der Waals surface area (Å²) in [6.07, 6.45) is 0.0455. The smallest absolute Gasteiger partial charge is 0.144 e. The summed E-state index contributed by atoms with van der Waals surface area (Å²) in [5.41, 5.74) is 13.7. The van der Waals surface area contributed by atoms with Gasteiger partial charge in [0, 0.05) is 12.1 Å². The molecule has 0 heterocycles. The zero-order valence-electron chi connectivity index (χ0n) is 14.3. The zero-order valence-corrected chi connectivity index (χ0v) is 14.3. The van der Waals surface area contributed by atoms with Crippen LogP contribution in [0.1, 0.15) is 19.4 Å². The normalized spacial score (nSPS) is 13.7. The molecule has 6 N–H and O–H groups in total. The van der Waals surface area contributed by atoms with Gasteiger partial charge in [-0.2, -0.15) is 0 Å². The summed E-state index contributed by atoms with van der Waals surface area (Å²) in [6, 6.07) is 15.5. The molecule has 2 atom stereocenters. The number of nitrogens with one attached hydrogen (secondary N) is 1. The largest absolute Gasteiger partial charge is 0.489 e. The minimum Gasteiger partial charge on any atom is -0.489 e. The predicted molar refractivity (Wildman–Crippen MR) is 99.0 cm³/mol. The predicted octanol–water partition coefficient (Wildman–Crippen LogP) is 2.20. The highest BCUT2D eigenvalue weighted by Gasteiger charge is 2.21. The van der Waals surface area contributed by atoms with Crippen LogP contribution in [0, 0.1) is 0 Å². The van der Waals surface area contributed by atoms with Crippen LogP contribution in [0.15, 0.2) is 48.5 Å². The summed E-state index contributed by atoms with van der Waals surface area (Å²) in [7, 11) is 0. The lowest BCUT2D eigenvalue weighted by Crippen LogP contribution is -2.47. The highest BCUT2D eigenvalue weighted by Crippen LogP contribution is 2.27. The lowest BCUT2D eigenvalue weighted by Gasteiger charge is -2.26. The Kier molecular flexibility index (Phi) is 6.46. The Labute approximate surface area is 143 Å². The number of anilines is 2. The van der Waals surface area contributed by atoms with Crippen molar-refractivity contribution in [2.75, 3.05) is 18.1 Å². The van der Waals surface area contributed by atoms with Crippen molar-refractivity contribution in [3.05, 3.63) is 54.1 Å². The van der Waals surface area contributed by atoms with Crippen molar-refractivity contribution in [1.82, 2.24) is 5.32 Å². The number of aliphatic hydroxyl groups excluding tert-OH is 1. The van der Waals surface area contributed by atoms with Gasteiger partial charge in [-0.05, 0) is 24.1 Å². The minimum absolute atomic E-state index is 0.116. The van der Waals surface area contributed by atoms with Crippen molar-refractivity contribution < 1.29 is 9.84 Å². The maximum Gasteiger partial charge on any atom is 0.144 e. The summed E-state index contributed by atoms with van der Waals surface area (Å²) in [5.74, 6) is 0.497. The lowest BCUT2D eigenvalue weighted by molar-refractivity contribution is 0.0704. The first-order chi connectivity index (χ1) is 11.5. The number of nitrogen functional groups attached to an aromatic ring is 2. The molecule has 0 saturated carbocycles. The number of aliphatic hydroxyl groups is 1. The van der Waals surface area contributed by atoms with E-state index in [1.807, 2.05) is 18.2 Å². The van der Waals surface area contributed by atoms with Crippen LogP contribution in [0.2, 0.25) is 0 Å². The molecule has 0 bridgehead atoms. The van der Waals surface area contributed by atoms with Crippen LogP contribution in [-0.4, -0.2) is 29.9 Å². The molecule has 0 aliphatic heterocycles. The Morgan fingerprint density at radius 1 is 1.04 bits per heavy atom. The van der Waals surface area contributed by atoms with Crippen LogP contribution >= 0.6 is 0 Å². The van der Waals surface area contributed by atoms with Gasteiger partial charge in [0.15, 0.2) is 0 Å². The first-order valence-corrected chi connectivity index (χ1v) is 8.22. The quantitative estimate of drug-likeness (QED) is 0.557. The molecule has 2 unspecified atom stereocenters. The van der Waals surface area contributed by atoms with Gasteiger partial charge in [0.1, 0.15) is 18.5 Å². The lowest BCUT2D eigenvalue weighted by atomic mass is 10.0. The third-order valence-electron chi connectivity index (χ3n) is 3.82. The van der Waals surface area contributed by atoms with E-state index in [4.69, 9.17) is 16.2 Å². The number of hydrogen-bond acceptors (Lipinski definition) is 5. The van der Waals surface area contributed by atoms with Crippen molar-refractivity contribution in [2.45, 2.75) is 38.5 Å². The molecular formula is C19H27N3O2. The van der Waals surface area contributed by atoms with Crippen molar-refractivity contribution in [1.29, 1.82) is 0 Å². The summed E-state index contributed by atoms with van der Waals surface area (Å²) >= 11 is 0. The Balaban J connectivity index is 2.01. The van der Waals surface area contributed by atoms with Gasteiger partial charge in [0.25, 0.3) is 0 Å². The third-order valence-corrected chi connectivity index (χ3v) is 3.82. The standard InChI is InChI=1S/C19H27N3O2/c1-13(2)22-16(11-14-7-4-3-5-8-14)17(23)12-24-18-10-6-9-15(20)19(18)21/h3-10,13,16-17,22-23H,11-12,20-21H2,1-2H3. The highest BCUT2D eigenvalue weighted by atomic mass is 16.5. The van der Waals surface area contributed by atoms with Gasteiger partial charge in [-0.3, -0.25) is 0 Å². The maximum atomic E-state index is 10.6. The Bertz CT molecular complexity index is 632. The number of hydrogen-bond donors (Lipinski definition) is 4. The monoisotopic (exact) mass is 329 g/mol. The molecule has 2 rings (SSSR count). The van der Waals surface area contributed by atoms with E-state index in [-0.39, 0.29) is 18.7 Å². The molecule has 0 spiro atoms. The average Bonchev–Trinajstić information content (AvgIpc) is 2.56. The van der Waals surface area contributed by atoms with Gasteiger partial charge in [-0.15, -0.1) is 0 Å². The number of para-hydroxylation sites is 1. The third kappa shape index (κ3) is 5.15. The molecule has 0 amide bonds. The molecule has 24 heavy (non-hydrogen) atoms. The molecule has 5 nitrogen and oxygen atoms in total. The van der Waals surface area contributed by atoms with Crippen molar-refractivity contribution in [2.24, 2.45) is 0 Å². The molecule has 0 aliphatic rings. The number of nitrogens with two attached hydrogens (primary N) is 2. The van der Waals surface area contributed by atoms with E-state index >= 15 is 0 Å². The second kappa shape index (κ2) is 8.57. The zero-order chi connectivity index (χ0) is 17.5. The second-order valence-corrected chi connectivity index (χ2v) is 6.25. The highest BCUT2D eigenvalue weighted by molar-refractivity contribution is 5.70. The summed E-state index contributed by atoms with van der Waals surface area (Å²) in [5, 5.41) is 14.0. The van der Waals surface area contributed by atoms with E-state index in [9.17, 15) is 5.11 Å². The van der Waals surface area contributed by atoms with E-state index in [0.717, 1.165) is 12.0 Å². The summed E-state index contributed by atoms with van der Waals surface area (Å²) in [4.78, 5) is 0. The van der Waals surface area contributed by atoms with Crippen LogP contribution in [0.4, 0.5) is 11.4 Å². The first kappa shape index (κ1) is 18.1. The number of rotatable bonds is 8. The van der Waals surface area contributed by atoms with Crippen LogP contribution in [-0.2, 0) is 6.42 Å². The molecule has 5 heteroatoms. The van der Waals surface area contributed by atoms with Gasteiger partial charge in [-0.25, -0.2) is 0 Å². The van der Waals surface area contributed by atoms with Crippen molar-refractivity contribution >= 4 is 11.4 Å². The molecule has 0 aliphatic carbocycles. The Morgan fingerprint density at radius 2 is 1.75 bits per heavy atom. The molecular weight excluding hydrogens is 302 g/mol. The molecule has 0 saturated heterocycles. The molecule has 0 aromatic heterocycles. The number of benzene rings is 2. The topological polar surface area (TPSA) is 93.5 Å². The van der Waals surface area contributed by atoms with Crippen LogP contribution in [0.5, 0.6) is 5.75 Å². The second-order valence-electron chi connectivity index (χ2n) is 6.25. The minimum atomic E-state index is -0.673. The van der Waals surface area contributed by atoms with Gasteiger partial charge in [0.05, 0.1) is 11.4 Å². The molecule has 130 valence electrons. The van der Waals surface area contributed by atoms with E-state index < -0.39 is 6.10 Å². The van der Waals surface area contributed by atoms with E-state index in [1.165, 1.54) is 0 Å². The number of ether oxygens (including phenoxy) is 1. The fraction of sp³-hybridized carbons (Fsp3) is 0.368. The van der Waals surface area contributed by atoms with E-state index in [2.05, 4.69) is 31.3 Å². The Hall–Kier alpha value is -2.24. The van der Waals surface area contributed by atoms with Gasteiger partial charge in [0.2, 0.25) is 0 Å². The fourth-order valence-corrected chi connectivity index (χ4v) is 2.58. The fourth-order valence-electron chi connectivity index (χ4n) is 2.58. The van der Waals surface area contributed by atoms with Crippen LogP contribution < -0.4 is 21.5 Å². The van der Waals surface area contributed by atoms with Gasteiger partial charge in [-0.1, -0.05) is 50.2 Å². The summed E-state index contributed by atoms with van der Waals surface area (Å²) < 4.78 is 5.68. The SMILES string of the molecule is CC(C)NC(Cc1ccccc1)C(O)COc1cccc(N)c1N. The average molecular weight is 329 g/mol. The van der Waals surface area contributed by atoms with Crippen molar-refractivity contribution in [3.8, 4) is 5.75 Å². The van der Waals surface area contributed by atoms with Crippen LogP contribution in [0.25, 0.3) is 0 Å². The van der Waals surface area contributed by atoms with Gasteiger partial charge < -0.3 is 26.6 Å². The van der Waals surface area contributed by atoms with E-state index in [1.54, 1.807) is 18.2 Å². The molecule has 2 aromatic carbocycles. The van der Waals surface area contributed by atoms with E-state index in [0.29, 0.717) is 17.1 Å². The Morgan fingerprint density at radius 3 is 2.42 bits per heavy atom. The molecule has 0 radical (unpaired) electrons. The first-order valence-electron chi connectivity index (χ1n) is 8.22. The van der Waals surface area contributed by atoms with Crippen molar-refractivity contribution in [3.63, 3.8) is 0 Å².